The Morgan fingerprint density at radius 3 is 3.10 bits per heavy atom. The third-order valence-corrected chi connectivity index (χ3v) is 3.01. The Morgan fingerprint density at radius 1 is 1.38 bits per heavy atom. The van der Waals surface area contributed by atoms with Crippen LogP contribution in [0.25, 0.3) is 0 Å². The minimum Gasteiger partial charge on any atom is -0.454 e. The molecule has 1 aromatic carbocycles. The van der Waals surface area contributed by atoms with E-state index in [2.05, 4.69) is 15.5 Å². The standard InChI is InChI=1S/C14H10ClN3O3/c15-10-5-9(6-12-13(10)21-8-20-12)7-17-18-14(19)11-3-1-2-4-16-11/h1-7H,8H2,(H,18,19)/b17-7-. The van der Waals surface area contributed by atoms with Crippen LogP contribution in [-0.4, -0.2) is 23.9 Å². The van der Waals surface area contributed by atoms with Gasteiger partial charge in [0.25, 0.3) is 5.91 Å². The van der Waals surface area contributed by atoms with Crippen molar-refractivity contribution in [3.63, 3.8) is 0 Å². The van der Waals surface area contributed by atoms with E-state index in [1.54, 1.807) is 30.3 Å². The molecule has 0 saturated heterocycles. The number of carbonyl (C=O) groups is 1. The number of fused-ring (bicyclic) bond motifs is 1. The van der Waals surface area contributed by atoms with Crippen LogP contribution in [0.15, 0.2) is 41.6 Å². The van der Waals surface area contributed by atoms with Gasteiger partial charge < -0.3 is 9.47 Å². The smallest absolute Gasteiger partial charge is 0.289 e. The number of hydrazone groups is 1. The Hall–Kier alpha value is -2.60. The fourth-order valence-electron chi connectivity index (χ4n) is 1.78. The molecule has 1 amide bonds. The normalized spacial score (nSPS) is 12.6. The second-order valence-corrected chi connectivity index (χ2v) is 4.56. The Morgan fingerprint density at radius 2 is 2.29 bits per heavy atom. The fourth-order valence-corrected chi connectivity index (χ4v) is 2.06. The number of carbonyl (C=O) groups excluding carboxylic acids is 1. The van der Waals surface area contributed by atoms with Crippen molar-refractivity contribution in [2.45, 2.75) is 0 Å². The van der Waals surface area contributed by atoms with Gasteiger partial charge in [-0.3, -0.25) is 9.78 Å². The van der Waals surface area contributed by atoms with E-state index in [1.807, 2.05) is 0 Å². The highest BCUT2D eigenvalue weighted by atomic mass is 35.5. The first-order chi connectivity index (χ1) is 10.2. The van der Waals surface area contributed by atoms with Crippen LogP contribution in [0, 0.1) is 0 Å². The molecule has 0 saturated carbocycles. The lowest BCUT2D eigenvalue weighted by atomic mass is 10.2. The first-order valence-electron chi connectivity index (χ1n) is 6.07. The molecule has 7 heteroatoms. The van der Waals surface area contributed by atoms with Crippen LogP contribution in [0.1, 0.15) is 16.1 Å². The predicted octanol–water partition coefficient (Wildman–Crippen LogP) is 2.23. The number of halogens is 1. The zero-order chi connectivity index (χ0) is 14.7. The molecule has 3 rings (SSSR count). The van der Waals surface area contributed by atoms with Crippen molar-refractivity contribution in [3.05, 3.63) is 52.8 Å². The summed E-state index contributed by atoms with van der Waals surface area (Å²) in [6.45, 7) is 0.145. The van der Waals surface area contributed by atoms with Crippen molar-refractivity contribution in [1.29, 1.82) is 0 Å². The van der Waals surface area contributed by atoms with Gasteiger partial charge in [-0.15, -0.1) is 0 Å². The molecular weight excluding hydrogens is 294 g/mol. The lowest BCUT2D eigenvalue weighted by Gasteiger charge is -2.01. The van der Waals surface area contributed by atoms with E-state index in [4.69, 9.17) is 21.1 Å². The van der Waals surface area contributed by atoms with Gasteiger partial charge >= 0.3 is 0 Å². The highest BCUT2D eigenvalue weighted by Gasteiger charge is 2.17. The zero-order valence-electron chi connectivity index (χ0n) is 10.7. The molecule has 6 nitrogen and oxygen atoms in total. The molecule has 1 N–H and O–H groups in total. The summed E-state index contributed by atoms with van der Waals surface area (Å²) in [5.41, 5.74) is 3.36. The van der Waals surface area contributed by atoms with Gasteiger partial charge in [-0.05, 0) is 29.8 Å². The molecule has 1 aliphatic rings. The third kappa shape index (κ3) is 2.95. The van der Waals surface area contributed by atoms with Crippen LogP contribution in [-0.2, 0) is 0 Å². The summed E-state index contributed by atoms with van der Waals surface area (Å²) in [5, 5.41) is 4.30. The largest absolute Gasteiger partial charge is 0.454 e. The molecule has 1 aliphatic heterocycles. The maximum absolute atomic E-state index is 11.7. The van der Waals surface area contributed by atoms with Crippen LogP contribution in [0.2, 0.25) is 5.02 Å². The summed E-state index contributed by atoms with van der Waals surface area (Å²) in [6, 6.07) is 8.45. The van der Waals surface area contributed by atoms with Crippen molar-refractivity contribution in [3.8, 4) is 11.5 Å². The van der Waals surface area contributed by atoms with Crippen LogP contribution in [0.4, 0.5) is 0 Å². The van der Waals surface area contributed by atoms with Crippen molar-refractivity contribution >= 4 is 23.7 Å². The Labute approximate surface area is 125 Å². The third-order valence-electron chi connectivity index (χ3n) is 2.73. The van der Waals surface area contributed by atoms with E-state index < -0.39 is 5.91 Å². The van der Waals surface area contributed by atoms with Gasteiger partial charge in [-0.1, -0.05) is 17.7 Å². The topological polar surface area (TPSA) is 72.8 Å². The lowest BCUT2D eigenvalue weighted by Crippen LogP contribution is -2.18. The summed E-state index contributed by atoms with van der Waals surface area (Å²) in [6.07, 6.45) is 3.00. The summed E-state index contributed by atoms with van der Waals surface area (Å²) in [5.74, 6) is 0.685. The maximum atomic E-state index is 11.7. The maximum Gasteiger partial charge on any atom is 0.289 e. The predicted molar refractivity (Wildman–Crippen MR) is 76.9 cm³/mol. The average molecular weight is 304 g/mol. The average Bonchev–Trinajstić information content (AvgIpc) is 2.97. The Kier molecular flexibility index (Phi) is 3.70. The Bertz CT molecular complexity index is 704. The van der Waals surface area contributed by atoms with Crippen LogP contribution >= 0.6 is 11.6 Å². The van der Waals surface area contributed by atoms with Gasteiger partial charge in [0.1, 0.15) is 5.69 Å². The SMILES string of the molecule is O=C(N/N=C\c1cc(Cl)c2c(c1)OCO2)c1ccccn1. The second kappa shape index (κ2) is 5.80. The Balaban J connectivity index is 1.70. The molecule has 1 aromatic heterocycles. The van der Waals surface area contributed by atoms with Gasteiger partial charge in [0.15, 0.2) is 11.5 Å². The lowest BCUT2D eigenvalue weighted by molar-refractivity contribution is 0.0950. The van der Waals surface area contributed by atoms with Crippen molar-refractivity contribution in [1.82, 2.24) is 10.4 Å². The van der Waals surface area contributed by atoms with Gasteiger partial charge in [-0.2, -0.15) is 5.10 Å². The molecule has 0 radical (unpaired) electrons. The highest BCUT2D eigenvalue weighted by Crippen LogP contribution is 2.39. The number of hydrogen-bond donors (Lipinski definition) is 1. The van der Waals surface area contributed by atoms with Crippen LogP contribution in [0.3, 0.4) is 0 Å². The number of benzene rings is 1. The first-order valence-corrected chi connectivity index (χ1v) is 6.45. The van der Waals surface area contributed by atoms with Gasteiger partial charge in [0, 0.05) is 6.20 Å². The minimum atomic E-state index is -0.390. The van der Waals surface area contributed by atoms with Gasteiger partial charge in [0.2, 0.25) is 6.79 Å². The summed E-state index contributed by atoms with van der Waals surface area (Å²) >= 11 is 6.05. The summed E-state index contributed by atoms with van der Waals surface area (Å²) < 4.78 is 10.5. The van der Waals surface area contributed by atoms with Crippen LogP contribution < -0.4 is 14.9 Å². The molecule has 0 unspecified atom stereocenters. The molecule has 0 aliphatic carbocycles. The van der Waals surface area contributed by atoms with Crippen molar-refractivity contribution < 1.29 is 14.3 Å². The summed E-state index contributed by atoms with van der Waals surface area (Å²) in [7, 11) is 0. The summed E-state index contributed by atoms with van der Waals surface area (Å²) in [4.78, 5) is 15.7. The number of nitrogens with one attached hydrogen (secondary N) is 1. The monoisotopic (exact) mass is 303 g/mol. The molecule has 0 atom stereocenters. The number of ether oxygens (including phenoxy) is 2. The fraction of sp³-hybridized carbons (Fsp3) is 0.0714. The van der Waals surface area contributed by atoms with Crippen molar-refractivity contribution in [2.75, 3.05) is 6.79 Å². The van der Waals surface area contributed by atoms with Gasteiger partial charge in [0.05, 0.1) is 11.2 Å². The number of amides is 1. The minimum absolute atomic E-state index is 0.145. The molecule has 0 spiro atoms. The number of rotatable bonds is 3. The van der Waals surface area contributed by atoms with E-state index in [9.17, 15) is 4.79 Å². The number of pyridine rings is 1. The zero-order valence-corrected chi connectivity index (χ0v) is 11.5. The molecule has 0 fully saturated rings. The quantitative estimate of drug-likeness (QED) is 0.697. The van der Waals surface area contributed by atoms with E-state index in [0.29, 0.717) is 27.8 Å². The second-order valence-electron chi connectivity index (χ2n) is 4.15. The first kappa shape index (κ1) is 13.4. The van der Waals surface area contributed by atoms with Crippen LogP contribution in [0.5, 0.6) is 11.5 Å². The van der Waals surface area contributed by atoms with Gasteiger partial charge in [-0.25, -0.2) is 5.43 Å². The number of hydrogen-bond acceptors (Lipinski definition) is 5. The van der Waals surface area contributed by atoms with E-state index in [1.165, 1.54) is 12.4 Å². The molecule has 2 heterocycles. The van der Waals surface area contributed by atoms with E-state index in [-0.39, 0.29) is 6.79 Å². The molecular formula is C14H10ClN3O3. The van der Waals surface area contributed by atoms with E-state index >= 15 is 0 Å². The molecule has 2 aromatic rings. The van der Waals surface area contributed by atoms with E-state index in [0.717, 1.165) is 0 Å². The number of aromatic nitrogens is 1. The number of nitrogens with zero attached hydrogens (tertiary/aromatic N) is 2. The molecule has 0 bridgehead atoms. The van der Waals surface area contributed by atoms with Crippen molar-refractivity contribution in [2.24, 2.45) is 5.10 Å². The highest BCUT2D eigenvalue weighted by molar-refractivity contribution is 6.32. The molecule has 21 heavy (non-hydrogen) atoms. The molecule has 106 valence electrons.